The Morgan fingerprint density at radius 1 is 1.46 bits per heavy atom. The lowest BCUT2D eigenvalue weighted by Crippen LogP contribution is -2.22. The maximum absolute atomic E-state index is 11.3. The number of aromatic nitrogens is 2. The van der Waals surface area contributed by atoms with Gasteiger partial charge < -0.3 is 0 Å². The molecule has 0 radical (unpaired) electrons. The summed E-state index contributed by atoms with van der Waals surface area (Å²) in [6, 6.07) is 3.31. The normalized spacial score (nSPS) is 10.3. The van der Waals surface area contributed by atoms with Gasteiger partial charge in [-0.3, -0.25) is 4.79 Å². The summed E-state index contributed by atoms with van der Waals surface area (Å²) in [5.74, 6) is 0. The number of hydrogen-bond acceptors (Lipinski definition) is 2. The van der Waals surface area contributed by atoms with E-state index in [-0.39, 0.29) is 5.56 Å². The minimum absolute atomic E-state index is 0.0137. The first-order valence-electron chi connectivity index (χ1n) is 4.35. The van der Waals surface area contributed by atoms with E-state index in [2.05, 4.69) is 21.0 Å². The van der Waals surface area contributed by atoms with Crippen LogP contribution >= 0.6 is 15.9 Å². The van der Waals surface area contributed by atoms with Gasteiger partial charge in [0.1, 0.15) is 0 Å². The molecule has 0 N–H and O–H groups in total. The number of unbranched alkanes of at least 4 members (excludes halogenated alkanes) is 1. The van der Waals surface area contributed by atoms with Gasteiger partial charge in [0.2, 0.25) is 0 Å². The number of rotatable bonds is 4. The molecule has 72 valence electrons. The minimum Gasteiger partial charge on any atom is -0.268 e. The topological polar surface area (TPSA) is 34.9 Å². The first-order chi connectivity index (χ1) is 6.24. The lowest BCUT2D eigenvalue weighted by molar-refractivity contribution is 0.539. The van der Waals surface area contributed by atoms with Gasteiger partial charge in [0.25, 0.3) is 5.56 Å². The summed E-state index contributed by atoms with van der Waals surface area (Å²) < 4.78 is 1.53. The summed E-state index contributed by atoms with van der Waals surface area (Å²) >= 11 is 3.35. The second kappa shape index (κ2) is 5.17. The Morgan fingerprint density at radius 3 is 2.92 bits per heavy atom. The molecule has 0 atom stereocenters. The summed E-state index contributed by atoms with van der Waals surface area (Å²) in [4.78, 5) is 11.3. The fourth-order valence-electron chi connectivity index (χ4n) is 1.07. The predicted octanol–water partition coefficient (Wildman–Crippen LogP) is 1.73. The number of alkyl halides is 1. The lowest BCUT2D eigenvalue weighted by atomic mass is 10.3. The molecular formula is C9H13BrN2O. The van der Waals surface area contributed by atoms with E-state index in [0.29, 0.717) is 6.54 Å². The zero-order valence-corrected chi connectivity index (χ0v) is 9.25. The van der Waals surface area contributed by atoms with Crippen molar-refractivity contribution in [3.05, 3.63) is 28.2 Å². The van der Waals surface area contributed by atoms with E-state index in [1.165, 1.54) is 4.68 Å². The van der Waals surface area contributed by atoms with E-state index in [1.807, 2.05) is 6.92 Å². The number of hydrogen-bond donors (Lipinski definition) is 0. The average molecular weight is 245 g/mol. The minimum atomic E-state index is -0.0137. The zero-order chi connectivity index (χ0) is 9.68. The van der Waals surface area contributed by atoms with E-state index in [9.17, 15) is 4.79 Å². The van der Waals surface area contributed by atoms with Crippen LogP contribution in [0.25, 0.3) is 0 Å². The molecule has 0 unspecified atom stereocenters. The number of halogens is 1. The highest BCUT2D eigenvalue weighted by molar-refractivity contribution is 9.09. The van der Waals surface area contributed by atoms with Gasteiger partial charge in [-0.1, -0.05) is 15.9 Å². The van der Waals surface area contributed by atoms with Crippen molar-refractivity contribution < 1.29 is 0 Å². The lowest BCUT2D eigenvalue weighted by Gasteiger charge is -2.03. The third-order valence-electron chi connectivity index (χ3n) is 1.75. The van der Waals surface area contributed by atoms with Gasteiger partial charge in [-0.05, 0) is 25.8 Å². The molecule has 0 fully saturated rings. The van der Waals surface area contributed by atoms with Crippen molar-refractivity contribution in [2.45, 2.75) is 26.3 Å². The SMILES string of the molecule is Cc1ccc(=O)n(CCCCBr)n1. The Kier molecular flexibility index (Phi) is 4.15. The van der Waals surface area contributed by atoms with Crippen LogP contribution in [-0.4, -0.2) is 15.1 Å². The molecule has 0 aliphatic carbocycles. The van der Waals surface area contributed by atoms with Crippen molar-refractivity contribution in [3.8, 4) is 0 Å². The Hall–Kier alpha value is -0.640. The van der Waals surface area contributed by atoms with Crippen molar-refractivity contribution >= 4 is 15.9 Å². The molecule has 0 aliphatic rings. The van der Waals surface area contributed by atoms with Gasteiger partial charge in [0, 0.05) is 17.9 Å². The Bertz CT molecular complexity index is 322. The average Bonchev–Trinajstić information content (AvgIpc) is 2.11. The maximum atomic E-state index is 11.3. The first-order valence-corrected chi connectivity index (χ1v) is 5.47. The number of aryl methyl sites for hydroxylation is 2. The summed E-state index contributed by atoms with van der Waals surface area (Å²) in [6.45, 7) is 2.60. The summed E-state index contributed by atoms with van der Waals surface area (Å²) in [5, 5.41) is 5.11. The summed E-state index contributed by atoms with van der Waals surface area (Å²) in [5.41, 5.74) is 0.874. The zero-order valence-electron chi connectivity index (χ0n) is 7.66. The largest absolute Gasteiger partial charge is 0.268 e. The Labute approximate surface area is 85.9 Å². The quantitative estimate of drug-likeness (QED) is 0.598. The molecule has 1 heterocycles. The maximum Gasteiger partial charge on any atom is 0.266 e. The summed E-state index contributed by atoms with van der Waals surface area (Å²) in [7, 11) is 0. The summed E-state index contributed by atoms with van der Waals surface area (Å²) in [6.07, 6.45) is 2.06. The van der Waals surface area contributed by atoms with Crippen LogP contribution in [0.4, 0.5) is 0 Å². The fourth-order valence-corrected chi connectivity index (χ4v) is 1.46. The highest BCUT2D eigenvalue weighted by atomic mass is 79.9. The highest BCUT2D eigenvalue weighted by Gasteiger charge is 1.96. The van der Waals surface area contributed by atoms with Gasteiger partial charge in [0.05, 0.1) is 5.69 Å². The van der Waals surface area contributed by atoms with Crippen LogP contribution in [0.2, 0.25) is 0 Å². The van der Waals surface area contributed by atoms with Crippen molar-refractivity contribution in [2.75, 3.05) is 5.33 Å². The van der Waals surface area contributed by atoms with Crippen LogP contribution in [0.5, 0.6) is 0 Å². The molecule has 0 bridgehead atoms. The van der Waals surface area contributed by atoms with Crippen molar-refractivity contribution in [1.29, 1.82) is 0 Å². The second-order valence-corrected chi connectivity index (χ2v) is 3.73. The molecule has 0 saturated carbocycles. The first kappa shape index (κ1) is 10.4. The van der Waals surface area contributed by atoms with E-state index in [1.54, 1.807) is 12.1 Å². The van der Waals surface area contributed by atoms with Gasteiger partial charge in [0.15, 0.2) is 0 Å². The van der Waals surface area contributed by atoms with E-state index in [0.717, 1.165) is 23.9 Å². The molecule has 3 nitrogen and oxygen atoms in total. The van der Waals surface area contributed by atoms with E-state index >= 15 is 0 Å². The second-order valence-electron chi connectivity index (χ2n) is 2.93. The van der Waals surface area contributed by atoms with Crippen molar-refractivity contribution in [2.24, 2.45) is 0 Å². The molecule has 0 aromatic carbocycles. The van der Waals surface area contributed by atoms with Gasteiger partial charge >= 0.3 is 0 Å². The fraction of sp³-hybridized carbons (Fsp3) is 0.556. The van der Waals surface area contributed by atoms with Gasteiger partial charge in [-0.15, -0.1) is 0 Å². The van der Waals surface area contributed by atoms with Crippen LogP contribution in [0, 0.1) is 6.92 Å². The standard InChI is InChI=1S/C9H13BrN2O/c1-8-4-5-9(13)12(11-8)7-3-2-6-10/h4-5H,2-3,6-7H2,1H3. The predicted molar refractivity (Wildman–Crippen MR) is 56.3 cm³/mol. The molecule has 0 aliphatic heterocycles. The number of nitrogens with zero attached hydrogens (tertiary/aromatic N) is 2. The molecule has 1 aromatic rings. The van der Waals surface area contributed by atoms with Crippen LogP contribution in [0.15, 0.2) is 16.9 Å². The Balaban J connectivity index is 2.65. The molecule has 0 spiro atoms. The highest BCUT2D eigenvalue weighted by Crippen LogP contribution is 1.95. The van der Waals surface area contributed by atoms with Crippen molar-refractivity contribution in [3.63, 3.8) is 0 Å². The molecule has 13 heavy (non-hydrogen) atoms. The molecule has 1 aromatic heterocycles. The molecule has 1 rings (SSSR count). The van der Waals surface area contributed by atoms with Crippen LogP contribution in [-0.2, 0) is 6.54 Å². The van der Waals surface area contributed by atoms with E-state index < -0.39 is 0 Å². The van der Waals surface area contributed by atoms with Crippen LogP contribution < -0.4 is 5.56 Å². The van der Waals surface area contributed by atoms with Crippen LogP contribution in [0.3, 0.4) is 0 Å². The van der Waals surface area contributed by atoms with Gasteiger partial charge in [-0.2, -0.15) is 5.10 Å². The van der Waals surface area contributed by atoms with Gasteiger partial charge in [-0.25, -0.2) is 4.68 Å². The third kappa shape index (κ3) is 3.30. The Morgan fingerprint density at radius 2 is 2.23 bits per heavy atom. The molecule has 0 saturated heterocycles. The van der Waals surface area contributed by atoms with Crippen LogP contribution in [0.1, 0.15) is 18.5 Å². The van der Waals surface area contributed by atoms with E-state index in [4.69, 9.17) is 0 Å². The van der Waals surface area contributed by atoms with Crippen molar-refractivity contribution in [1.82, 2.24) is 9.78 Å². The molecule has 0 amide bonds. The molecular weight excluding hydrogens is 232 g/mol. The molecule has 4 heteroatoms. The smallest absolute Gasteiger partial charge is 0.266 e. The monoisotopic (exact) mass is 244 g/mol. The third-order valence-corrected chi connectivity index (χ3v) is 2.31.